The average molecular weight is 410 g/mol. The summed E-state index contributed by atoms with van der Waals surface area (Å²) >= 11 is 0. The summed E-state index contributed by atoms with van der Waals surface area (Å²) in [6, 6.07) is 10.4. The zero-order valence-corrected chi connectivity index (χ0v) is 18.5. The molecule has 0 aliphatic rings. The van der Waals surface area contributed by atoms with Crippen LogP contribution in [0.3, 0.4) is 0 Å². The topological polar surface area (TPSA) is 81.4 Å². The van der Waals surface area contributed by atoms with E-state index in [1.54, 1.807) is 4.52 Å². The minimum Gasteiger partial charge on any atom is -0.469 e. The van der Waals surface area contributed by atoms with Gasteiger partial charge in [0.1, 0.15) is 5.82 Å². The number of anilines is 1. The molecule has 7 heteroatoms. The van der Waals surface area contributed by atoms with Gasteiger partial charge in [0, 0.05) is 30.3 Å². The van der Waals surface area contributed by atoms with Crippen molar-refractivity contribution in [3.63, 3.8) is 0 Å². The van der Waals surface area contributed by atoms with E-state index in [0.717, 1.165) is 42.9 Å². The van der Waals surface area contributed by atoms with Crippen LogP contribution in [-0.4, -0.2) is 39.2 Å². The van der Waals surface area contributed by atoms with Gasteiger partial charge in [-0.1, -0.05) is 51.5 Å². The highest BCUT2D eigenvalue weighted by molar-refractivity contribution is 5.69. The van der Waals surface area contributed by atoms with Gasteiger partial charge in [-0.15, -0.1) is 5.10 Å². The van der Waals surface area contributed by atoms with Crippen LogP contribution >= 0.6 is 0 Å². The van der Waals surface area contributed by atoms with E-state index >= 15 is 0 Å². The number of carbonyl (C=O) groups is 1. The van der Waals surface area contributed by atoms with Gasteiger partial charge in [0.05, 0.1) is 7.11 Å². The summed E-state index contributed by atoms with van der Waals surface area (Å²) in [6.07, 6.45) is 3.21. The number of ether oxygens (including phenoxy) is 1. The first-order chi connectivity index (χ1) is 14.3. The van der Waals surface area contributed by atoms with Crippen molar-refractivity contribution in [2.24, 2.45) is 0 Å². The average Bonchev–Trinajstić information content (AvgIpc) is 3.13. The normalized spacial score (nSPS) is 11.6. The molecular weight excluding hydrogens is 378 g/mol. The summed E-state index contributed by atoms with van der Waals surface area (Å²) in [5.74, 6) is 1.96. The molecule has 3 rings (SSSR count). The molecule has 0 fully saturated rings. The standard InChI is InChI=1S/C23H31N5O2/c1-16-15-19(24-14-8-6-7-9-20(29)30-5)28-22(25-16)26-21(27-28)17-10-12-18(13-11-17)23(2,3)4/h10-13,15,24H,6-9,14H2,1-5H3. The fourth-order valence-electron chi connectivity index (χ4n) is 3.24. The maximum Gasteiger partial charge on any atom is 0.305 e. The van der Waals surface area contributed by atoms with E-state index < -0.39 is 0 Å². The molecule has 0 atom stereocenters. The molecule has 0 unspecified atom stereocenters. The number of hydrogen-bond donors (Lipinski definition) is 1. The Morgan fingerprint density at radius 1 is 1.10 bits per heavy atom. The molecule has 30 heavy (non-hydrogen) atoms. The van der Waals surface area contributed by atoms with Crippen molar-refractivity contribution in [1.82, 2.24) is 19.6 Å². The van der Waals surface area contributed by atoms with Gasteiger partial charge in [0.2, 0.25) is 0 Å². The van der Waals surface area contributed by atoms with E-state index in [4.69, 9.17) is 0 Å². The van der Waals surface area contributed by atoms with Gasteiger partial charge in [-0.25, -0.2) is 4.98 Å². The highest BCUT2D eigenvalue weighted by Crippen LogP contribution is 2.25. The first-order valence-corrected chi connectivity index (χ1v) is 10.4. The lowest BCUT2D eigenvalue weighted by Gasteiger charge is -2.18. The van der Waals surface area contributed by atoms with Crippen molar-refractivity contribution < 1.29 is 9.53 Å². The van der Waals surface area contributed by atoms with Gasteiger partial charge in [0.15, 0.2) is 5.82 Å². The minimum absolute atomic E-state index is 0.109. The highest BCUT2D eigenvalue weighted by Gasteiger charge is 2.15. The number of rotatable bonds is 8. The van der Waals surface area contributed by atoms with Crippen LogP contribution in [0.5, 0.6) is 0 Å². The molecule has 0 amide bonds. The molecule has 0 saturated carbocycles. The Bertz CT molecular complexity index is 1000. The predicted molar refractivity (Wildman–Crippen MR) is 119 cm³/mol. The number of carbonyl (C=O) groups excluding carboxylic acids is 1. The molecule has 7 nitrogen and oxygen atoms in total. The minimum atomic E-state index is -0.153. The second kappa shape index (κ2) is 9.24. The molecule has 0 saturated heterocycles. The SMILES string of the molecule is COC(=O)CCCCCNc1cc(C)nc2nc(-c3ccc(C(C)(C)C)cc3)nn12. The number of unbranched alkanes of at least 4 members (excludes halogenated alkanes) is 2. The molecule has 0 radical (unpaired) electrons. The smallest absolute Gasteiger partial charge is 0.305 e. The number of nitrogens with zero attached hydrogens (tertiary/aromatic N) is 4. The van der Waals surface area contributed by atoms with Crippen LogP contribution in [0.2, 0.25) is 0 Å². The quantitative estimate of drug-likeness (QED) is 0.434. The van der Waals surface area contributed by atoms with Crippen LogP contribution in [-0.2, 0) is 14.9 Å². The Morgan fingerprint density at radius 3 is 2.50 bits per heavy atom. The summed E-state index contributed by atoms with van der Waals surface area (Å²) < 4.78 is 6.43. The van der Waals surface area contributed by atoms with E-state index in [2.05, 4.69) is 70.2 Å². The molecular formula is C23H31N5O2. The number of fused-ring (bicyclic) bond motifs is 1. The third-order valence-corrected chi connectivity index (χ3v) is 5.04. The number of methoxy groups -OCH3 is 1. The Labute approximate surface area is 177 Å². The van der Waals surface area contributed by atoms with Crippen LogP contribution in [0.15, 0.2) is 30.3 Å². The fraction of sp³-hybridized carbons (Fsp3) is 0.478. The molecule has 1 aromatic carbocycles. The maximum atomic E-state index is 11.2. The highest BCUT2D eigenvalue weighted by atomic mass is 16.5. The molecule has 0 spiro atoms. The Hall–Kier alpha value is -2.96. The van der Waals surface area contributed by atoms with E-state index in [1.807, 2.05) is 13.0 Å². The number of aryl methyl sites for hydroxylation is 1. The van der Waals surface area contributed by atoms with E-state index in [-0.39, 0.29) is 11.4 Å². The summed E-state index contributed by atoms with van der Waals surface area (Å²) in [5, 5.41) is 8.11. The summed E-state index contributed by atoms with van der Waals surface area (Å²) in [7, 11) is 1.42. The largest absolute Gasteiger partial charge is 0.469 e. The van der Waals surface area contributed by atoms with Gasteiger partial charge in [-0.3, -0.25) is 4.79 Å². The molecule has 3 aromatic rings. The predicted octanol–water partition coefficient (Wildman–Crippen LogP) is 4.54. The number of benzene rings is 1. The summed E-state index contributed by atoms with van der Waals surface area (Å²) in [5.41, 5.74) is 3.24. The molecule has 0 bridgehead atoms. The summed E-state index contributed by atoms with van der Waals surface area (Å²) in [4.78, 5) is 20.3. The Balaban J connectivity index is 1.71. The third kappa shape index (κ3) is 5.34. The summed E-state index contributed by atoms with van der Waals surface area (Å²) in [6.45, 7) is 9.34. The van der Waals surface area contributed by atoms with Crippen molar-refractivity contribution >= 4 is 17.6 Å². The maximum absolute atomic E-state index is 11.2. The zero-order chi connectivity index (χ0) is 21.7. The van der Waals surface area contributed by atoms with Crippen molar-refractivity contribution in [3.05, 3.63) is 41.6 Å². The first-order valence-electron chi connectivity index (χ1n) is 10.4. The van der Waals surface area contributed by atoms with Gasteiger partial charge >= 0.3 is 5.97 Å². The van der Waals surface area contributed by atoms with E-state index in [9.17, 15) is 4.79 Å². The molecule has 0 aliphatic carbocycles. The molecule has 0 aliphatic heterocycles. The Kier molecular flexibility index (Phi) is 6.70. The lowest BCUT2D eigenvalue weighted by Crippen LogP contribution is -2.10. The lowest BCUT2D eigenvalue weighted by atomic mass is 9.87. The Morgan fingerprint density at radius 2 is 1.83 bits per heavy atom. The van der Waals surface area contributed by atoms with E-state index in [1.165, 1.54) is 12.7 Å². The molecule has 160 valence electrons. The van der Waals surface area contributed by atoms with Crippen LogP contribution in [0.25, 0.3) is 17.2 Å². The fourth-order valence-corrected chi connectivity index (χ4v) is 3.24. The van der Waals surface area contributed by atoms with Gasteiger partial charge in [0.25, 0.3) is 5.78 Å². The van der Waals surface area contributed by atoms with Crippen molar-refractivity contribution in [2.75, 3.05) is 19.0 Å². The lowest BCUT2D eigenvalue weighted by molar-refractivity contribution is -0.140. The number of hydrogen-bond acceptors (Lipinski definition) is 6. The van der Waals surface area contributed by atoms with E-state index in [0.29, 0.717) is 18.0 Å². The number of nitrogens with one attached hydrogen (secondary N) is 1. The zero-order valence-electron chi connectivity index (χ0n) is 18.5. The van der Waals surface area contributed by atoms with Crippen LogP contribution in [0, 0.1) is 6.92 Å². The van der Waals surface area contributed by atoms with Crippen LogP contribution in [0.4, 0.5) is 5.82 Å². The second-order valence-electron chi connectivity index (χ2n) is 8.57. The first kappa shape index (κ1) is 21.7. The monoisotopic (exact) mass is 409 g/mol. The molecule has 1 N–H and O–H groups in total. The van der Waals surface area contributed by atoms with Gasteiger partial charge in [-0.2, -0.15) is 9.50 Å². The van der Waals surface area contributed by atoms with Crippen LogP contribution < -0.4 is 5.32 Å². The number of aromatic nitrogens is 4. The van der Waals surface area contributed by atoms with Gasteiger partial charge < -0.3 is 10.1 Å². The molecule has 2 heterocycles. The van der Waals surface area contributed by atoms with Gasteiger partial charge in [-0.05, 0) is 30.7 Å². The van der Waals surface area contributed by atoms with Crippen molar-refractivity contribution in [1.29, 1.82) is 0 Å². The molecule has 2 aromatic heterocycles. The van der Waals surface area contributed by atoms with Crippen molar-refractivity contribution in [3.8, 4) is 11.4 Å². The van der Waals surface area contributed by atoms with Crippen LogP contribution in [0.1, 0.15) is 57.7 Å². The third-order valence-electron chi connectivity index (χ3n) is 5.04. The number of esters is 1. The van der Waals surface area contributed by atoms with Crippen molar-refractivity contribution in [2.45, 2.75) is 58.8 Å². The second-order valence-corrected chi connectivity index (χ2v) is 8.57.